The Kier molecular flexibility index (Phi) is 2.79. The second-order valence-corrected chi connectivity index (χ2v) is 4.65. The molecule has 0 atom stereocenters. The minimum Gasteiger partial charge on any atom is -0.478 e. The normalized spacial score (nSPS) is 13.5. The Morgan fingerprint density at radius 1 is 1.19 bits per heavy atom. The van der Waals surface area contributed by atoms with E-state index in [0.29, 0.717) is 5.56 Å². The fourth-order valence-electron chi connectivity index (χ4n) is 2.27. The number of aromatic nitrogens is 1. The molecule has 1 aliphatic heterocycles. The number of anilines is 1. The van der Waals surface area contributed by atoms with E-state index in [0.717, 1.165) is 4.90 Å². The van der Waals surface area contributed by atoms with E-state index in [1.807, 2.05) is 0 Å². The first-order valence-corrected chi connectivity index (χ1v) is 6.18. The molecule has 2 amide bonds. The lowest BCUT2D eigenvalue weighted by Crippen LogP contribution is -2.30. The van der Waals surface area contributed by atoms with Crippen molar-refractivity contribution in [2.24, 2.45) is 0 Å². The van der Waals surface area contributed by atoms with Gasteiger partial charge in [-0.1, -0.05) is 6.07 Å². The van der Waals surface area contributed by atoms with Crippen molar-refractivity contribution in [3.8, 4) is 0 Å². The van der Waals surface area contributed by atoms with Gasteiger partial charge >= 0.3 is 5.97 Å². The maximum Gasteiger partial charge on any atom is 0.335 e. The molecule has 0 spiro atoms. The third kappa shape index (κ3) is 1.88. The molecule has 21 heavy (non-hydrogen) atoms. The van der Waals surface area contributed by atoms with Crippen LogP contribution in [0, 0.1) is 6.92 Å². The van der Waals surface area contributed by atoms with Crippen LogP contribution in [0.2, 0.25) is 0 Å². The lowest BCUT2D eigenvalue weighted by Gasteiger charge is -2.16. The van der Waals surface area contributed by atoms with Crippen molar-refractivity contribution in [3.05, 3.63) is 58.9 Å². The predicted molar refractivity (Wildman–Crippen MR) is 73.5 cm³/mol. The van der Waals surface area contributed by atoms with Crippen LogP contribution in [0.25, 0.3) is 0 Å². The monoisotopic (exact) mass is 282 g/mol. The third-order valence-corrected chi connectivity index (χ3v) is 3.34. The van der Waals surface area contributed by atoms with Crippen molar-refractivity contribution in [2.45, 2.75) is 6.92 Å². The molecular weight excluding hydrogens is 272 g/mol. The standard InChI is InChI=1S/C15H10N2O4/c1-8-4-5-9(15(20)21)7-11(8)17-13(18)10-3-2-6-16-12(10)14(17)19/h2-7H,1H3,(H,20,21). The molecule has 0 fully saturated rings. The Balaban J connectivity index is 2.15. The van der Waals surface area contributed by atoms with Gasteiger partial charge in [-0.2, -0.15) is 0 Å². The first kappa shape index (κ1) is 13.0. The zero-order valence-corrected chi connectivity index (χ0v) is 11.0. The maximum atomic E-state index is 12.4. The number of pyridine rings is 1. The maximum absolute atomic E-state index is 12.4. The van der Waals surface area contributed by atoms with Crippen molar-refractivity contribution in [1.82, 2.24) is 4.98 Å². The fourth-order valence-corrected chi connectivity index (χ4v) is 2.27. The molecule has 1 N–H and O–H groups in total. The van der Waals surface area contributed by atoms with Gasteiger partial charge in [-0.05, 0) is 36.8 Å². The molecule has 1 aromatic carbocycles. The molecule has 3 rings (SSSR count). The van der Waals surface area contributed by atoms with Crippen LogP contribution in [-0.4, -0.2) is 27.9 Å². The summed E-state index contributed by atoms with van der Waals surface area (Å²) in [5, 5.41) is 9.05. The molecular formula is C15H10N2O4. The highest BCUT2D eigenvalue weighted by Gasteiger charge is 2.38. The second-order valence-electron chi connectivity index (χ2n) is 4.65. The number of hydrogen-bond acceptors (Lipinski definition) is 4. The van der Waals surface area contributed by atoms with E-state index in [1.165, 1.54) is 24.4 Å². The molecule has 0 saturated carbocycles. The topological polar surface area (TPSA) is 87.6 Å². The number of imide groups is 1. The van der Waals surface area contributed by atoms with Gasteiger partial charge in [-0.3, -0.25) is 14.6 Å². The minimum absolute atomic E-state index is 0.0140. The van der Waals surface area contributed by atoms with Gasteiger partial charge in [-0.25, -0.2) is 9.69 Å². The summed E-state index contributed by atoms with van der Waals surface area (Å²) in [6, 6.07) is 7.42. The number of amides is 2. The van der Waals surface area contributed by atoms with Crippen molar-refractivity contribution < 1.29 is 19.5 Å². The molecule has 0 radical (unpaired) electrons. The van der Waals surface area contributed by atoms with Gasteiger partial charge in [0.1, 0.15) is 5.69 Å². The van der Waals surface area contributed by atoms with E-state index in [9.17, 15) is 14.4 Å². The van der Waals surface area contributed by atoms with E-state index < -0.39 is 17.8 Å². The highest BCUT2D eigenvalue weighted by atomic mass is 16.4. The van der Waals surface area contributed by atoms with E-state index in [4.69, 9.17) is 5.11 Å². The van der Waals surface area contributed by atoms with E-state index in [2.05, 4.69) is 4.98 Å². The molecule has 0 saturated heterocycles. The zero-order valence-electron chi connectivity index (χ0n) is 11.0. The average Bonchev–Trinajstić information content (AvgIpc) is 2.72. The van der Waals surface area contributed by atoms with Gasteiger partial charge in [0, 0.05) is 6.20 Å². The summed E-state index contributed by atoms with van der Waals surface area (Å²) in [7, 11) is 0. The number of aryl methyl sites for hydroxylation is 1. The van der Waals surface area contributed by atoms with Crippen molar-refractivity contribution in [1.29, 1.82) is 0 Å². The fraction of sp³-hybridized carbons (Fsp3) is 0.0667. The van der Waals surface area contributed by atoms with Gasteiger partial charge in [0.15, 0.2) is 0 Å². The van der Waals surface area contributed by atoms with Crippen LogP contribution in [0.3, 0.4) is 0 Å². The van der Waals surface area contributed by atoms with Crippen LogP contribution in [0.15, 0.2) is 36.5 Å². The van der Waals surface area contributed by atoms with Crippen molar-refractivity contribution in [2.75, 3.05) is 4.90 Å². The number of hydrogen-bond donors (Lipinski definition) is 1. The highest BCUT2D eigenvalue weighted by molar-refractivity contribution is 6.34. The van der Waals surface area contributed by atoms with E-state index in [-0.39, 0.29) is 22.5 Å². The van der Waals surface area contributed by atoms with Crippen molar-refractivity contribution >= 4 is 23.5 Å². The van der Waals surface area contributed by atoms with E-state index in [1.54, 1.807) is 19.1 Å². The molecule has 0 unspecified atom stereocenters. The van der Waals surface area contributed by atoms with Gasteiger partial charge in [0.2, 0.25) is 0 Å². The predicted octanol–water partition coefficient (Wildman–Crippen LogP) is 1.89. The summed E-state index contributed by atoms with van der Waals surface area (Å²) < 4.78 is 0. The van der Waals surface area contributed by atoms with Gasteiger partial charge < -0.3 is 5.11 Å². The number of benzene rings is 1. The number of aromatic carboxylic acids is 1. The first-order chi connectivity index (χ1) is 10.0. The molecule has 0 aliphatic carbocycles. The average molecular weight is 282 g/mol. The van der Waals surface area contributed by atoms with Gasteiger partial charge in [0.25, 0.3) is 11.8 Å². The molecule has 6 nitrogen and oxygen atoms in total. The number of nitrogens with zero attached hydrogens (tertiary/aromatic N) is 2. The minimum atomic E-state index is -1.12. The Hall–Kier alpha value is -3.02. The molecule has 0 bridgehead atoms. The molecule has 2 heterocycles. The number of fused-ring (bicyclic) bond motifs is 1. The largest absolute Gasteiger partial charge is 0.478 e. The number of carbonyl (C=O) groups is 3. The van der Waals surface area contributed by atoms with Crippen molar-refractivity contribution in [3.63, 3.8) is 0 Å². The van der Waals surface area contributed by atoms with Crippen LogP contribution in [0.1, 0.15) is 36.8 Å². The lowest BCUT2D eigenvalue weighted by atomic mass is 10.1. The zero-order chi connectivity index (χ0) is 15.1. The Morgan fingerprint density at radius 2 is 1.95 bits per heavy atom. The number of carboxylic acids is 1. The summed E-state index contributed by atoms with van der Waals surface area (Å²) in [6.45, 7) is 1.71. The Bertz CT molecular complexity index is 763. The molecule has 104 valence electrons. The Labute approximate surface area is 119 Å². The summed E-state index contributed by atoms with van der Waals surface area (Å²) >= 11 is 0. The van der Waals surface area contributed by atoms with Gasteiger partial charge in [-0.15, -0.1) is 0 Å². The molecule has 1 aliphatic rings. The highest BCUT2D eigenvalue weighted by Crippen LogP contribution is 2.30. The van der Waals surface area contributed by atoms with E-state index >= 15 is 0 Å². The second kappa shape index (κ2) is 4.52. The van der Waals surface area contributed by atoms with Crippen LogP contribution in [0.4, 0.5) is 5.69 Å². The first-order valence-electron chi connectivity index (χ1n) is 6.18. The molecule has 2 aromatic rings. The number of carboxylic acid groups (broad SMARTS) is 1. The lowest BCUT2D eigenvalue weighted by molar-refractivity contribution is 0.0695. The molecule has 6 heteroatoms. The van der Waals surface area contributed by atoms with Crippen LogP contribution < -0.4 is 4.90 Å². The van der Waals surface area contributed by atoms with Crippen LogP contribution >= 0.6 is 0 Å². The third-order valence-electron chi connectivity index (χ3n) is 3.34. The van der Waals surface area contributed by atoms with Gasteiger partial charge in [0.05, 0.1) is 16.8 Å². The molecule has 1 aromatic heterocycles. The van der Waals surface area contributed by atoms with Crippen LogP contribution in [0.5, 0.6) is 0 Å². The Morgan fingerprint density at radius 3 is 2.62 bits per heavy atom. The van der Waals surface area contributed by atoms with Crippen LogP contribution in [-0.2, 0) is 0 Å². The quantitative estimate of drug-likeness (QED) is 0.850. The summed E-state index contributed by atoms with van der Waals surface area (Å²) in [6.07, 6.45) is 1.44. The summed E-state index contributed by atoms with van der Waals surface area (Å²) in [5.74, 6) is -2.15. The summed E-state index contributed by atoms with van der Waals surface area (Å²) in [4.78, 5) is 40.7. The SMILES string of the molecule is Cc1ccc(C(=O)O)cc1N1C(=O)c2cccnc2C1=O. The smallest absolute Gasteiger partial charge is 0.335 e. The summed E-state index contributed by atoms with van der Waals surface area (Å²) in [5.41, 5.74) is 1.22. The number of carbonyl (C=O) groups excluding carboxylic acids is 2. The number of rotatable bonds is 2.